The molecule has 0 aliphatic heterocycles. The molecule has 1 fully saturated rings. The number of aromatic nitrogens is 2. The maximum absolute atomic E-state index is 13.0. The molecule has 0 spiro atoms. The Morgan fingerprint density at radius 3 is 2.90 bits per heavy atom. The van der Waals surface area contributed by atoms with Crippen LogP contribution in [0.1, 0.15) is 24.1 Å². The predicted octanol–water partition coefficient (Wildman–Crippen LogP) is 3.73. The zero-order valence-electron chi connectivity index (χ0n) is 11.6. The van der Waals surface area contributed by atoms with Crippen LogP contribution in [-0.2, 0) is 6.54 Å². The molecule has 1 N–H and O–H groups in total. The Balaban J connectivity index is 1.71. The molecule has 0 radical (unpaired) electrons. The smallest absolute Gasteiger partial charge is 0.322 e. The van der Waals surface area contributed by atoms with E-state index in [0.29, 0.717) is 16.3 Å². The van der Waals surface area contributed by atoms with Gasteiger partial charge in [-0.05, 0) is 53.9 Å². The van der Waals surface area contributed by atoms with Crippen LogP contribution in [-0.4, -0.2) is 16.0 Å². The molecule has 2 aromatic rings. The van der Waals surface area contributed by atoms with Crippen molar-refractivity contribution >= 4 is 15.9 Å². The molecule has 1 heterocycles. The highest BCUT2D eigenvalue weighted by atomic mass is 79.9. The Morgan fingerprint density at radius 1 is 1.43 bits per heavy atom. The molecule has 0 amide bonds. The van der Waals surface area contributed by atoms with Gasteiger partial charge in [0.2, 0.25) is 0 Å². The summed E-state index contributed by atoms with van der Waals surface area (Å²) in [5.41, 5.74) is 1.94. The number of hydrogen-bond acceptors (Lipinski definition) is 4. The lowest BCUT2D eigenvalue weighted by Gasteiger charge is -2.09. The number of hydrogen-bond donors (Lipinski definition) is 1. The average molecular weight is 352 g/mol. The number of benzene rings is 1. The van der Waals surface area contributed by atoms with E-state index < -0.39 is 0 Å². The highest BCUT2D eigenvalue weighted by Crippen LogP contribution is 2.28. The Bertz CT molecular complexity index is 661. The normalized spacial score (nSPS) is 14.2. The molecular formula is C15H15BrFN3O. The first-order valence-corrected chi connectivity index (χ1v) is 7.60. The van der Waals surface area contributed by atoms with E-state index in [-0.39, 0.29) is 11.8 Å². The maximum Gasteiger partial charge on any atom is 0.322 e. The van der Waals surface area contributed by atoms with Crippen molar-refractivity contribution in [2.45, 2.75) is 32.4 Å². The fourth-order valence-electron chi connectivity index (χ4n) is 1.89. The van der Waals surface area contributed by atoms with Gasteiger partial charge >= 0.3 is 6.01 Å². The lowest BCUT2D eigenvalue weighted by molar-refractivity contribution is 0.435. The van der Waals surface area contributed by atoms with Gasteiger partial charge in [0.25, 0.3) is 0 Å². The Labute approximate surface area is 130 Å². The van der Waals surface area contributed by atoms with E-state index in [2.05, 4.69) is 31.2 Å². The highest BCUT2D eigenvalue weighted by Gasteiger charge is 2.20. The minimum atomic E-state index is -0.326. The molecule has 1 aliphatic rings. The van der Waals surface area contributed by atoms with Gasteiger partial charge in [0, 0.05) is 30.0 Å². The zero-order valence-corrected chi connectivity index (χ0v) is 13.2. The molecule has 0 atom stereocenters. The summed E-state index contributed by atoms with van der Waals surface area (Å²) in [6.07, 6.45) is 4.27. The third-order valence-electron chi connectivity index (χ3n) is 3.31. The van der Waals surface area contributed by atoms with Crippen molar-refractivity contribution in [3.8, 4) is 11.8 Å². The maximum atomic E-state index is 13.0. The second-order valence-corrected chi connectivity index (χ2v) is 5.95. The predicted molar refractivity (Wildman–Crippen MR) is 80.8 cm³/mol. The molecule has 0 bridgehead atoms. The summed E-state index contributed by atoms with van der Waals surface area (Å²) in [7, 11) is 0. The summed E-state index contributed by atoms with van der Waals surface area (Å²) in [4.78, 5) is 8.55. The quantitative estimate of drug-likeness (QED) is 0.891. The van der Waals surface area contributed by atoms with E-state index in [1.165, 1.54) is 25.0 Å². The third kappa shape index (κ3) is 3.77. The highest BCUT2D eigenvalue weighted by molar-refractivity contribution is 9.10. The number of ether oxygens (including phenoxy) is 1. The van der Waals surface area contributed by atoms with Gasteiger partial charge in [-0.3, -0.25) is 0 Å². The first-order chi connectivity index (χ1) is 10.1. The van der Waals surface area contributed by atoms with Gasteiger partial charge in [-0.25, -0.2) is 9.37 Å². The lowest BCUT2D eigenvalue weighted by atomic mass is 10.2. The van der Waals surface area contributed by atoms with Gasteiger partial charge in [0.05, 0.1) is 4.47 Å². The summed E-state index contributed by atoms with van der Waals surface area (Å²) in [6.45, 7) is 2.70. The van der Waals surface area contributed by atoms with Crippen molar-refractivity contribution in [3.63, 3.8) is 0 Å². The van der Waals surface area contributed by atoms with E-state index in [0.717, 1.165) is 17.8 Å². The monoisotopic (exact) mass is 351 g/mol. The van der Waals surface area contributed by atoms with Crippen molar-refractivity contribution in [2.24, 2.45) is 0 Å². The van der Waals surface area contributed by atoms with Gasteiger partial charge in [-0.15, -0.1) is 0 Å². The lowest BCUT2D eigenvalue weighted by Crippen LogP contribution is -2.16. The molecule has 6 heteroatoms. The fourth-order valence-corrected chi connectivity index (χ4v) is 2.32. The van der Waals surface area contributed by atoms with Crippen molar-refractivity contribution < 1.29 is 9.13 Å². The van der Waals surface area contributed by atoms with Crippen molar-refractivity contribution in [1.29, 1.82) is 0 Å². The number of aryl methyl sites for hydroxylation is 1. The van der Waals surface area contributed by atoms with Crippen molar-refractivity contribution in [2.75, 3.05) is 0 Å². The van der Waals surface area contributed by atoms with E-state index in [9.17, 15) is 4.39 Å². The number of nitrogens with one attached hydrogen (secondary N) is 1. The average Bonchev–Trinajstić information content (AvgIpc) is 3.25. The van der Waals surface area contributed by atoms with Gasteiger partial charge in [-0.2, -0.15) is 4.98 Å². The van der Waals surface area contributed by atoms with Crippen LogP contribution in [0, 0.1) is 12.7 Å². The van der Waals surface area contributed by atoms with Gasteiger partial charge in [0.1, 0.15) is 11.6 Å². The molecule has 1 aromatic heterocycles. The number of halogens is 2. The van der Waals surface area contributed by atoms with E-state index in [1.54, 1.807) is 12.3 Å². The van der Waals surface area contributed by atoms with Crippen LogP contribution in [0.25, 0.3) is 0 Å². The minimum absolute atomic E-state index is 0.259. The second kappa shape index (κ2) is 6.07. The van der Waals surface area contributed by atoms with E-state index in [4.69, 9.17) is 4.74 Å². The standard InChI is InChI=1S/C15H15BrFN3O/c1-9-10(7-18-12-3-4-12)8-19-15(20-9)21-14-5-2-11(17)6-13(14)16/h2,5-6,8,12,18H,3-4,7H2,1H3. The summed E-state index contributed by atoms with van der Waals surface area (Å²) >= 11 is 3.25. The van der Waals surface area contributed by atoms with Crippen LogP contribution < -0.4 is 10.1 Å². The molecular weight excluding hydrogens is 337 g/mol. The van der Waals surface area contributed by atoms with Crippen LogP contribution in [0.4, 0.5) is 4.39 Å². The summed E-state index contributed by atoms with van der Waals surface area (Å²) in [5, 5.41) is 3.43. The molecule has 110 valence electrons. The van der Waals surface area contributed by atoms with Crippen LogP contribution >= 0.6 is 15.9 Å². The second-order valence-electron chi connectivity index (χ2n) is 5.10. The SMILES string of the molecule is Cc1nc(Oc2ccc(F)cc2Br)ncc1CNC1CC1. The van der Waals surface area contributed by atoms with Gasteiger partial charge < -0.3 is 10.1 Å². The molecule has 1 aliphatic carbocycles. The fraction of sp³-hybridized carbons (Fsp3) is 0.333. The Kier molecular flexibility index (Phi) is 4.17. The Morgan fingerprint density at radius 2 is 2.24 bits per heavy atom. The van der Waals surface area contributed by atoms with Gasteiger partial charge in [0.15, 0.2) is 0 Å². The molecule has 3 rings (SSSR count). The molecule has 4 nitrogen and oxygen atoms in total. The molecule has 21 heavy (non-hydrogen) atoms. The van der Waals surface area contributed by atoms with Gasteiger partial charge in [-0.1, -0.05) is 0 Å². The summed E-state index contributed by atoms with van der Waals surface area (Å²) in [5.74, 6) is 0.160. The molecule has 1 aromatic carbocycles. The summed E-state index contributed by atoms with van der Waals surface area (Å²) < 4.78 is 19.1. The largest absolute Gasteiger partial charge is 0.423 e. The number of rotatable bonds is 5. The minimum Gasteiger partial charge on any atom is -0.423 e. The van der Waals surface area contributed by atoms with Crippen LogP contribution in [0.15, 0.2) is 28.9 Å². The first kappa shape index (κ1) is 14.4. The molecule has 0 unspecified atom stereocenters. The molecule has 0 saturated heterocycles. The Hall–Kier alpha value is -1.53. The third-order valence-corrected chi connectivity index (χ3v) is 3.93. The van der Waals surface area contributed by atoms with Crippen molar-refractivity contribution in [3.05, 3.63) is 45.9 Å². The van der Waals surface area contributed by atoms with Crippen LogP contribution in [0.5, 0.6) is 11.8 Å². The van der Waals surface area contributed by atoms with Crippen LogP contribution in [0.3, 0.4) is 0 Å². The van der Waals surface area contributed by atoms with Crippen LogP contribution in [0.2, 0.25) is 0 Å². The van der Waals surface area contributed by atoms with E-state index >= 15 is 0 Å². The molecule has 1 saturated carbocycles. The first-order valence-electron chi connectivity index (χ1n) is 6.80. The summed E-state index contributed by atoms with van der Waals surface area (Å²) in [6, 6.07) is 5.13. The topological polar surface area (TPSA) is 47.0 Å². The number of nitrogens with zero attached hydrogens (tertiary/aromatic N) is 2. The zero-order chi connectivity index (χ0) is 14.8. The van der Waals surface area contributed by atoms with E-state index in [1.807, 2.05) is 6.92 Å². The van der Waals surface area contributed by atoms with Crippen molar-refractivity contribution in [1.82, 2.24) is 15.3 Å².